The molecule has 0 amide bonds. The number of carbonyl (C=O) groups excluding carboxylic acids is 1. The first-order valence-corrected chi connectivity index (χ1v) is 6.11. The molecule has 0 bridgehead atoms. The second-order valence-electron chi connectivity index (χ2n) is 4.25. The highest BCUT2D eigenvalue weighted by Gasteiger charge is 2.09. The third-order valence-corrected chi connectivity index (χ3v) is 2.88. The van der Waals surface area contributed by atoms with Crippen LogP contribution in [0.1, 0.15) is 34.8 Å². The summed E-state index contributed by atoms with van der Waals surface area (Å²) in [5.74, 6) is -0.357. The summed E-state index contributed by atoms with van der Waals surface area (Å²) in [5.41, 5.74) is 2.38. The topological polar surface area (TPSA) is 67.0 Å². The molecule has 0 saturated heterocycles. The molecule has 2 N–H and O–H groups in total. The van der Waals surface area contributed by atoms with E-state index in [2.05, 4.69) is 20.0 Å². The van der Waals surface area contributed by atoms with Gasteiger partial charge in [-0.15, -0.1) is 0 Å². The molecule has 2 heterocycles. The normalized spacial score (nSPS) is 12.1. The van der Waals surface area contributed by atoms with Crippen molar-refractivity contribution < 1.29 is 9.53 Å². The van der Waals surface area contributed by atoms with Crippen molar-refractivity contribution in [2.45, 2.75) is 19.5 Å². The standard InChI is InChI=1S/C14H17N3O2/c1-10(12-5-3-4-8-15-12)16-9-11-6-7-13(17-11)14(18)19-2/h3-8,10,16-17H,9H2,1-2H3/t10-/m0/s1. The number of ether oxygens (including phenoxy) is 1. The van der Waals surface area contributed by atoms with Crippen LogP contribution in [0.5, 0.6) is 0 Å². The summed E-state index contributed by atoms with van der Waals surface area (Å²) in [6.45, 7) is 2.68. The minimum Gasteiger partial charge on any atom is -0.464 e. The lowest BCUT2D eigenvalue weighted by Crippen LogP contribution is -2.19. The van der Waals surface area contributed by atoms with Gasteiger partial charge in [-0.1, -0.05) is 6.07 Å². The quantitative estimate of drug-likeness (QED) is 0.806. The molecule has 0 radical (unpaired) electrons. The predicted octanol–water partition coefficient (Wildman–Crippen LogP) is 2.05. The maximum atomic E-state index is 11.3. The summed E-state index contributed by atoms with van der Waals surface area (Å²) < 4.78 is 4.64. The smallest absolute Gasteiger partial charge is 0.354 e. The van der Waals surface area contributed by atoms with Gasteiger partial charge in [0, 0.05) is 24.5 Å². The lowest BCUT2D eigenvalue weighted by Gasteiger charge is -2.12. The molecule has 100 valence electrons. The first kappa shape index (κ1) is 13.3. The van der Waals surface area contributed by atoms with E-state index in [4.69, 9.17) is 0 Å². The number of pyridine rings is 1. The van der Waals surface area contributed by atoms with E-state index in [9.17, 15) is 4.79 Å². The maximum absolute atomic E-state index is 11.3. The molecule has 0 unspecified atom stereocenters. The summed E-state index contributed by atoms with van der Waals surface area (Å²) in [7, 11) is 1.37. The highest BCUT2D eigenvalue weighted by atomic mass is 16.5. The molecule has 5 nitrogen and oxygen atoms in total. The van der Waals surface area contributed by atoms with Crippen molar-refractivity contribution in [2.24, 2.45) is 0 Å². The Balaban J connectivity index is 1.92. The average molecular weight is 259 g/mol. The van der Waals surface area contributed by atoms with Gasteiger partial charge in [0.2, 0.25) is 0 Å². The number of nitrogens with one attached hydrogen (secondary N) is 2. The molecule has 5 heteroatoms. The fourth-order valence-corrected chi connectivity index (χ4v) is 1.77. The molecule has 19 heavy (non-hydrogen) atoms. The number of esters is 1. The number of H-pyrrole nitrogens is 1. The van der Waals surface area contributed by atoms with E-state index in [0.29, 0.717) is 12.2 Å². The zero-order valence-corrected chi connectivity index (χ0v) is 11.0. The molecule has 1 atom stereocenters. The third kappa shape index (κ3) is 3.42. The van der Waals surface area contributed by atoms with Crippen molar-refractivity contribution in [2.75, 3.05) is 7.11 Å². The van der Waals surface area contributed by atoms with Crippen LogP contribution in [0.2, 0.25) is 0 Å². The van der Waals surface area contributed by atoms with Crippen LogP contribution in [0.15, 0.2) is 36.5 Å². The lowest BCUT2D eigenvalue weighted by molar-refractivity contribution is 0.0594. The van der Waals surface area contributed by atoms with Crippen LogP contribution in [-0.2, 0) is 11.3 Å². The number of hydrogen-bond acceptors (Lipinski definition) is 4. The highest BCUT2D eigenvalue weighted by molar-refractivity contribution is 5.87. The Morgan fingerprint density at radius 1 is 1.42 bits per heavy atom. The van der Waals surface area contributed by atoms with Crippen LogP contribution in [0, 0.1) is 0 Å². The average Bonchev–Trinajstić information content (AvgIpc) is 2.93. The van der Waals surface area contributed by atoms with Crippen molar-refractivity contribution in [3.63, 3.8) is 0 Å². The minimum absolute atomic E-state index is 0.145. The second kappa shape index (κ2) is 6.15. The summed E-state index contributed by atoms with van der Waals surface area (Å²) in [4.78, 5) is 18.6. The van der Waals surface area contributed by atoms with Gasteiger partial charge in [-0.05, 0) is 31.2 Å². The van der Waals surface area contributed by atoms with Crippen LogP contribution in [0.3, 0.4) is 0 Å². The molecule has 2 aromatic rings. The van der Waals surface area contributed by atoms with Crippen LogP contribution < -0.4 is 5.32 Å². The van der Waals surface area contributed by atoms with Gasteiger partial charge in [-0.3, -0.25) is 4.98 Å². The number of carbonyl (C=O) groups is 1. The second-order valence-corrected chi connectivity index (χ2v) is 4.25. The van der Waals surface area contributed by atoms with Crippen molar-refractivity contribution >= 4 is 5.97 Å². The minimum atomic E-state index is -0.357. The zero-order valence-electron chi connectivity index (χ0n) is 11.0. The largest absolute Gasteiger partial charge is 0.464 e. The molecule has 0 saturated carbocycles. The van der Waals surface area contributed by atoms with E-state index < -0.39 is 0 Å². The number of aromatic nitrogens is 2. The SMILES string of the molecule is COC(=O)c1ccc(CN[C@@H](C)c2ccccn2)[nH]1. The lowest BCUT2D eigenvalue weighted by atomic mass is 10.2. The van der Waals surface area contributed by atoms with E-state index in [1.165, 1.54) is 7.11 Å². The van der Waals surface area contributed by atoms with Crippen LogP contribution in [0.25, 0.3) is 0 Å². The van der Waals surface area contributed by atoms with Crippen molar-refractivity contribution in [3.05, 3.63) is 53.6 Å². The van der Waals surface area contributed by atoms with Crippen molar-refractivity contribution in [1.82, 2.24) is 15.3 Å². The van der Waals surface area contributed by atoms with Crippen LogP contribution in [-0.4, -0.2) is 23.0 Å². The molecule has 0 fully saturated rings. The Morgan fingerprint density at radius 3 is 2.95 bits per heavy atom. The van der Waals surface area contributed by atoms with Gasteiger partial charge in [-0.2, -0.15) is 0 Å². The molecular formula is C14H17N3O2. The fraction of sp³-hybridized carbons (Fsp3) is 0.286. The molecule has 2 rings (SSSR count). The molecule has 0 aliphatic heterocycles. The van der Waals surface area contributed by atoms with Gasteiger partial charge in [-0.25, -0.2) is 4.79 Å². The fourth-order valence-electron chi connectivity index (χ4n) is 1.77. The Bertz CT molecular complexity index is 537. The number of rotatable bonds is 5. The number of aromatic amines is 1. The van der Waals surface area contributed by atoms with Crippen molar-refractivity contribution in [1.29, 1.82) is 0 Å². The van der Waals surface area contributed by atoms with Gasteiger partial charge in [0.05, 0.1) is 12.8 Å². The summed E-state index contributed by atoms with van der Waals surface area (Å²) >= 11 is 0. The van der Waals surface area contributed by atoms with Gasteiger partial charge in [0.1, 0.15) is 5.69 Å². The third-order valence-electron chi connectivity index (χ3n) is 2.88. The molecule has 2 aromatic heterocycles. The first-order chi connectivity index (χ1) is 9.20. The number of methoxy groups -OCH3 is 1. The van der Waals surface area contributed by atoms with E-state index in [1.54, 1.807) is 12.3 Å². The first-order valence-electron chi connectivity index (χ1n) is 6.11. The van der Waals surface area contributed by atoms with E-state index >= 15 is 0 Å². The monoisotopic (exact) mass is 259 g/mol. The molecular weight excluding hydrogens is 242 g/mol. The zero-order chi connectivity index (χ0) is 13.7. The maximum Gasteiger partial charge on any atom is 0.354 e. The van der Waals surface area contributed by atoms with E-state index in [0.717, 1.165) is 11.4 Å². The summed E-state index contributed by atoms with van der Waals surface area (Å²) in [6.07, 6.45) is 1.78. The molecule has 0 spiro atoms. The van der Waals surface area contributed by atoms with Gasteiger partial charge < -0.3 is 15.0 Å². The molecule has 0 aliphatic rings. The van der Waals surface area contributed by atoms with E-state index in [-0.39, 0.29) is 12.0 Å². The van der Waals surface area contributed by atoms with Gasteiger partial charge in [0.15, 0.2) is 0 Å². The van der Waals surface area contributed by atoms with Gasteiger partial charge >= 0.3 is 5.97 Å². The number of nitrogens with zero attached hydrogens (tertiary/aromatic N) is 1. The van der Waals surface area contributed by atoms with Gasteiger partial charge in [0.25, 0.3) is 0 Å². The Kier molecular flexibility index (Phi) is 4.30. The molecule has 0 aromatic carbocycles. The number of hydrogen-bond donors (Lipinski definition) is 2. The Hall–Kier alpha value is -2.14. The predicted molar refractivity (Wildman–Crippen MR) is 71.6 cm³/mol. The summed E-state index contributed by atoms with van der Waals surface area (Å²) in [5, 5.41) is 3.34. The van der Waals surface area contributed by atoms with Crippen LogP contribution in [0.4, 0.5) is 0 Å². The highest BCUT2D eigenvalue weighted by Crippen LogP contribution is 2.10. The Morgan fingerprint density at radius 2 is 2.26 bits per heavy atom. The summed E-state index contributed by atoms with van der Waals surface area (Å²) in [6, 6.07) is 9.56. The van der Waals surface area contributed by atoms with E-state index in [1.807, 2.05) is 31.2 Å². The van der Waals surface area contributed by atoms with Crippen LogP contribution >= 0.6 is 0 Å². The molecule has 0 aliphatic carbocycles. The Labute approximate surface area is 112 Å². The van der Waals surface area contributed by atoms with Crippen molar-refractivity contribution in [3.8, 4) is 0 Å².